The second-order valence-corrected chi connectivity index (χ2v) is 12.7. The molecule has 1 saturated heterocycles. The summed E-state index contributed by atoms with van der Waals surface area (Å²) in [5.74, 6) is 5.46. The van der Waals surface area contributed by atoms with E-state index in [-0.39, 0.29) is 10.8 Å². The van der Waals surface area contributed by atoms with Gasteiger partial charge in [-0.05, 0) is 35.4 Å². The monoisotopic (exact) mass is 555 g/mol. The quantitative estimate of drug-likeness (QED) is 0.409. The smallest absolute Gasteiger partial charge is 0.343 e. The summed E-state index contributed by atoms with van der Waals surface area (Å²) in [6.45, 7) is 8.57. The Morgan fingerprint density at radius 2 is 1.44 bits per heavy atom. The number of hydrogen-bond acceptors (Lipinski definition) is 8. The van der Waals surface area contributed by atoms with E-state index in [2.05, 4.69) is 16.7 Å². The molecular weight excluding hydrogens is 518 g/mol. The lowest BCUT2D eigenvalue weighted by atomic mass is 9.94. The molecule has 1 amide bonds. The number of carbonyl (C=O) groups is 2. The number of rotatable bonds is 7. The van der Waals surface area contributed by atoms with Crippen LogP contribution in [0.3, 0.4) is 0 Å². The van der Waals surface area contributed by atoms with Crippen LogP contribution in [0, 0.1) is 17.3 Å². The molecule has 2 N–H and O–H groups in total. The summed E-state index contributed by atoms with van der Waals surface area (Å²) in [5.41, 5.74) is 7.46. The lowest BCUT2D eigenvalue weighted by Gasteiger charge is -2.37. The van der Waals surface area contributed by atoms with Crippen molar-refractivity contribution in [3.05, 3.63) is 48.5 Å². The average molecular weight is 556 g/mol. The van der Waals surface area contributed by atoms with Crippen LogP contribution in [0.15, 0.2) is 53.4 Å². The van der Waals surface area contributed by atoms with Crippen LogP contribution >= 0.6 is 0 Å². The highest BCUT2D eigenvalue weighted by Gasteiger charge is 2.49. The molecule has 10 heteroatoms. The van der Waals surface area contributed by atoms with Gasteiger partial charge in [-0.25, -0.2) is 13.2 Å². The normalized spacial score (nSPS) is 16.0. The van der Waals surface area contributed by atoms with Crippen molar-refractivity contribution >= 4 is 21.7 Å². The van der Waals surface area contributed by atoms with E-state index in [0.717, 1.165) is 18.2 Å². The van der Waals surface area contributed by atoms with Gasteiger partial charge in [0.1, 0.15) is 5.75 Å². The molecule has 2 aromatic carbocycles. The lowest BCUT2D eigenvalue weighted by Crippen LogP contribution is -2.55. The highest BCUT2D eigenvalue weighted by molar-refractivity contribution is 7.93. The van der Waals surface area contributed by atoms with E-state index < -0.39 is 32.5 Å². The number of amides is 1. The minimum atomic E-state index is -4.33. The van der Waals surface area contributed by atoms with Gasteiger partial charge in [-0.3, -0.25) is 9.69 Å². The Bertz CT molecular complexity index is 1330. The zero-order valence-electron chi connectivity index (χ0n) is 23.2. The highest BCUT2D eigenvalue weighted by Crippen LogP contribution is 2.29. The first-order valence-electron chi connectivity index (χ1n) is 12.7. The predicted octanol–water partition coefficient (Wildman–Crippen LogP) is 2.55. The summed E-state index contributed by atoms with van der Waals surface area (Å²) in [6, 6.07) is 13.5. The summed E-state index contributed by atoms with van der Waals surface area (Å²) >= 11 is 0. The maximum atomic E-state index is 13.5. The number of hydrogen-bond donors (Lipinski definition) is 1. The zero-order valence-corrected chi connectivity index (χ0v) is 24.0. The van der Waals surface area contributed by atoms with Gasteiger partial charge in [-0.2, -0.15) is 0 Å². The fourth-order valence-corrected chi connectivity index (χ4v) is 5.69. The zero-order chi connectivity index (χ0) is 28.8. The lowest BCUT2D eigenvalue weighted by molar-refractivity contribution is -0.143. The van der Waals surface area contributed by atoms with E-state index in [1.807, 2.05) is 49.9 Å². The van der Waals surface area contributed by atoms with Gasteiger partial charge in [-0.15, -0.1) is 0 Å². The maximum Gasteiger partial charge on any atom is 0.343 e. The molecule has 2 aromatic rings. The number of methoxy groups -OCH3 is 2. The van der Waals surface area contributed by atoms with Crippen LogP contribution in [0.25, 0.3) is 11.1 Å². The molecule has 1 unspecified atom stereocenters. The number of ether oxygens (including phenoxy) is 2. The van der Waals surface area contributed by atoms with Crippen molar-refractivity contribution < 1.29 is 27.5 Å². The third kappa shape index (κ3) is 6.79. The van der Waals surface area contributed by atoms with E-state index in [0.29, 0.717) is 38.5 Å². The molecule has 0 bridgehead atoms. The summed E-state index contributed by atoms with van der Waals surface area (Å²) in [5, 5.41) is 0. The Morgan fingerprint density at radius 3 is 1.92 bits per heavy atom. The van der Waals surface area contributed by atoms with Gasteiger partial charge in [0, 0.05) is 31.6 Å². The van der Waals surface area contributed by atoms with E-state index in [1.165, 1.54) is 12.1 Å². The number of nitrogens with zero attached hydrogens (tertiary/aromatic N) is 2. The molecule has 3 rings (SSSR count). The Balaban J connectivity index is 1.70. The summed E-state index contributed by atoms with van der Waals surface area (Å²) in [4.78, 5) is 26.5. The van der Waals surface area contributed by atoms with Gasteiger partial charge in [-0.1, -0.05) is 56.9 Å². The maximum absolute atomic E-state index is 13.5. The molecule has 1 fully saturated rings. The molecule has 210 valence electrons. The number of esters is 1. The van der Waals surface area contributed by atoms with Gasteiger partial charge in [0.15, 0.2) is 0 Å². The van der Waals surface area contributed by atoms with Crippen molar-refractivity contribution in [1.29, 1.82) is 0 Å². The standard InChI is InChI=1S/C29H37N3O6S/c1-28(2,3)26(33)32-20-18-31(19-21-32)17-7-6-16-29(30,27(34)38-5)39(35,36)25-14-10-23(11-15-25)22-8-12-24(37-4)13-9-22/h8-15H,16-21,30H2,1-5H3. The van der Waals surface area contributed by atoms with Gasteiger partial charge < -0.3 is 20.1 Å². The topological polar surface area (TPSA) is 119 Å². The molecular formula is C29H37N3O6S. The molecule has 0 aliphatic carbocycles. The Hall–Kier alpha value is -3.39. The van der Waals surface area contributed by atoms with Gasteiger partial charge >= 0.3 is 5.97 Å². The van der Waals surface area contributed by atoms with Crippen molar-refractivity contribution in [2.75, 3.05) is 46.9 Å². The molecule has 0 spiro atoms. The molecule has 1 atom stereocenters. The van der Waals surface area contributed by atoms with Crippen molar-refractivity contribution in [1.82, 2.24) is 9.80 Å². The molecule has 0 saturated carbocycles. The average Bonchev–Trinajstić information content (AvgIpc) is 2.94. The number of carbonyl (C=O) groups excluding carboxylic acids is 2. The molecule has 1 aliphatic heterocycles. The summed E-state index contributed by atoms with van der Waals surface area (Å²) in [6.07, 6.45) is -0.426. The Morgan fingerprint density at radius 1 is 0.897 bits per heavy atom. The second-order valence-electron chi connectivity index (χ2n) is 10.5. The van der Waals surface area contributed by atoms with Crippen molar-refractivity contribution in [2.45, 2.75) is 37.0 Å². The van der Waals surface area contributed by atoms with Crippen molar-refractivity contribution in [3.8, 4) is 28.7 Å². The van der Waals surface area contributed by atoms with Crippen LogP contribution in [0.5, 0.6) is 5.75 Å². The van der Waals surface area contributed by atoms with Crippen LogP contribution in [0.4, 0.5) is 0 Å². The van der Waals surface area contributed by atoms with Crippen LogP contribution in [0.1, 0.15) is 27.2 Å². The number of piperazine rings is 1. The molecule has 39 heavy (non-hydrogen) atoms. The van der Waals surface area contributed by atoms with E-state index >= 15 is 0 Å². The largest absolute Gasteiger partial charge is 0.497 e. The van der Waals surface area contributed by atoms with Crippen molar-refractivity contribution in [3.63, 3.8) is 0 Å². The fourth-order valence-electron chi connectivity index (χ4n) is 4.21. The van der Waals surface area contributed by atoms with Gasteiger partial charge in [0.05, 0.1) is 32.1 Å². The number of sulfone groups is 1. The van der Waals surface area contributed by atoms with Crippen LogP contribution in [-0.2, 0) is 24.2 Å². The predicted molar refractivity (Wildman–Crippen MR) is 149 cm³/mol. The van der Waals surface area contributed by atoms with E-state index in [9.17, 15) is 18.0 Å². The number of nitrogens with two attached hydrogens (primary N) is 1. The second kappa shape index (κ2) is 12.2. The summed E-state index contributed by atoms with van der Waals surface area (Å²) < 4.78 is 37.0. The third-order valence-corrected chi connectivity index (χ3v) is 8.84. The van der Waals surface area contributed by atoms with Gasteiger partial charge in [0.2, 0.25) is 20.6 Å². The molecule has 1 aliphatic rings. The molecule has 1 heterocycles. The van der Waals surface area contributed by atoms with E-state index in [4.69, 9.17) is 15.2 Å². The number of benzene rings is 2. The van der Waals surface area contributed by atoms with Gasteiger partial charge in [0.25, 0.3) is 0 Å². The van der Waals surface area contributed by atoms with E-state index in [1.54, 1.807) is 19.2 Å². The first-order chi connectivity index (χ1) is 18.3. The SMILES string of the molecule is COC(=O)C(N)(CC#CCN1CCN(C(=O)C(C)(C)C)CC1)S(=O)(=O)c1ccc(-c2ccc(OC)cc2)cc1. The minimum Gasteiger partial charge on any atom is -0.497 e. The molecule has 0 radical (unpaired) electrons. The van der Waals surface area contributed by atoms with Crippen LogP contribution in [-0.4, -0.2) is 81.9 Å². The Kier molecular flexibility index (Phi) is 9.43. The highest BCUT2D eigenvalue weighted by atomic mass is 32.2. The first kappa shape index (κ1) is 30.2. The van der Waals surface area contributed by atoms with Crippen LogP contribution < -0.4 is 10.5 Å². The fraction of sp³-hybridized carbons (Fsp3) is 0.448. The van der Waals surface area contributed by atoms with Crippen molar-refractivity contribution in [2.24, 2.45) is 11.1 Å². The Labute approximate surface area is 231 Å². The third-order valence-electron chi connectivity index (χ3n) is 6.68. The molecule has 0 aromatic heterocycles. The van der Waals surface area contributed by atoms with Crippen LogP contribution in [0.2, 0.25) is 0 Å². The minimum absolute atomic E-state index is 0.103. The molecule has 9 nitrogen and oxygen atoms in total. The first-order valence-corrected chi connectivity index (χ1v) is 14.2. The summed E-state index contributed by atoms with van der Waals surface area (Å²) in [7, 11) is -1.66.